The summed E-state index contributed by atoms with van der Waals surface area (Å²) in [7, 11) is -3.77. The zero-order valence-corrected chi connectivity index (χ0v) is 19.9. The molecule has 2 amide bonds. The second-order valence-electron chi connectivity index (χ2n) is 8.19. The molecule has 34 heavy (non-hydrogen) atoms. The molecule has 2 aromatic carbocycles. The largest absolute Gasteiger partial charge is 0.346 e. The summed E-state index contributed by atoms with van der Waals surface area (Å²) in [6.07, 6.45) is 5.27. The first-order valence-corrected chi connectivity index (χ1v) is 12.4. The first-order chi connectivity index (χ1) is 16.3. The van der Waals surface area contributed by atoms with Crippen LogP contribution in [-0.4, -0.2) is 65.2 Å². The van der Waals surface area contributed by atoms with E-state index in [1.165, 1.54) is 23.4 Å². The van der Waals surface area contributed by atoms with E-state index in [0.29, 0.717) is 13.1 Å². The number of carbonyl (C=O) groups excluding carboxylic acids is 2. The summed E-state index contributed by atoms with van der Waals surface area (Å²) in [5.74, 6) is -0.425. The molecule has 3 aromatic rings. The number of imidazole rings is 1. The van der Waals surface area contributed by atoms with Gasteiger partial charge < -0.3 is 14.8 Å². The van der Waals surface area contributed by atoms with Crippen LogP contribution in [0.15, 0.2) is 72.1 Å². The molecule has 1 aromatic heterocycles. The van der Waals surface area contributed by atoms with Crippen molar-refractivity contribution in [2.24, 2.45) is 0 Å². The summed E-state index contributed by atoms with van der Waals surface area (Å²) in [6, 6.07) is 13.5. The number of piperazine rings is 1. The van der Waals surface area contributed by atoms with Crippen LogP contribution in [-0.2, 0) is 14.8 Å². The van der Waals surface area contributed by atoms with Gasteiger partial charge in [0.15, 0.2) is 0 Å². The molecule has 1 atom stereocenters. The van der Waals surface area contributed by atoms with Crippen LogP contribution < -0.4 is 5.32 Å². The molecule has 10 heteroatoms. The van der Waals surface area contributed by atoms with Gasteiger partial charge in [0.2, 0.25) is 15.9 Å². The van der Waals surface area contributed by atoms with Gasteiger partial charge >= 0.3 is 0 Å². The first-order valence-electron chi connectivity index (χ1n) is 11.0. The number of benzene rings is 2. The Labute approximate surface area is 199 Å². The highest BCUT2D eigenvalue weighted by molar-refractivity contribution is 7.89. The van der Waals surface area contributed by atoms with Gasteiger partial charge in [-0.1, -0.05) is 18.2 Å². The Hall–Kier alpha value is -3.50. The van der Waals surface area contributed by atoms with Crippen LogP contribution in [0.5, 0.6) is 0 Å². The van der Waals surface area contributed by atoms with E-state index in [4.69, 9.17) is 0 Å². The molecule has 1 N–H and O–H groups in total. The van der Waals surface area contributed by atoms with Crippen molar-refractivity contribution in [3.8, 4) is 5.69 Å². The lowest BCUT2D eigenvalue weighted by Crippen LogP contribution is -2.49. The fraction of sp³-hybridized carbons (Fsp3) is 0.292. The predicted molar refractivity (Wildman–Crippen MR) is 127 cm³/mol. The van der Waals surface area contributed by atoms with Gasteiger partial charge in [-0.3, -0.25) is 9.59 Å². The van der Waals surface area contributed by atoms with Gasteiger partial charge in [-0.05, 0) is 42.8 Å². The number of aromatic nitrogens is 2. The maximum Gasteiger partial charge on any atom is 0.251 e. The summed E-state index contributed by atoms with van der Waals surface area (Å²) in [6.45, 7) is 4.51. The molecule has 0 radical (unpaired) electrons. The highest BCUT2D eigenvalue weighted by Crippen LogP contribution is 2.20. The Morgan fingerprint density at radius 2 is 1.74 bits per heavy atom. The van der Waals surface area contributed by atoms with Gasteiger partial charge in [-0.25, -0.2) is 13.4 Å². The van der Waals surface area contributed by atoms with E-state index in [-0.39, 0.29) is 41.4 Å². The maximum atomic E-state index is 13.1. The van der Waals surface area contributed by atoms with Crippen LogP contribution in [0.1, 0.15) is 35.8 Å². The smallest absolute Gasteiger partial charge is 0.251 e. The lowest BCUT2D eigenvalue weighted by atomic mass is 10.1. The van der Waals surface area contributed by atoms with E-state index in [2.05, 4.69) is 10.3 Å². The quantitative estimate of drug-likeness (QED) is 0.581. The van der Waals surface area contributed by atoms with Gasteiger partial charge in [0.1, 0.15) is 0 Å². The molecule has 1 fully saturated rings. The van der Waals surface area contributed by atoms with Crippen molar-refractivity contribution in [3.05, 3.63) is 78.4 Å². The third-order valence-corrected chi connectivity index (χ3v) is 7.86. The lowest BCUT2D eigenvalue weighted by molar-refractivity contribution is -0.129. The number of amides is 2. The van der Waals surface area contributed by atoms with E-state index >= 15 is 0 Å². The van der Waals surface area contributed by atoms with E-state index in [1.807, 2.05) is 42.0 Å². The summed E-state index contributed by atoms with van der Waals surface area (Å²) in [5, 5.41) is 2.93. The summed E-state index contributed by atoms with van der Waals surface area (Å²) >= 11 is 0. The fourth-order valence-corrected chi connectivity index (χ4v) is 5.37. The highest BCUT2D eigenvalue weighted by Gasteiger charge is 2.29. The fourth-order valence-electron chi connectivity index (χ4n) is 3.90. The van der Waals surface area contributed by atoms with Crippen LogP contribution in [0.2, 0.25) is 0 Å². The Bertz CT molecular complexity index is 1260. The Kier molecular flexibility index (Phi) is 6.80. The molecule has 0 spiro atoms. The predicted octanol–water partition coefficient (Wildman–Crippen LogP) is 2.22. The van der Waals surface area contributed by atoms with Gasteiger partial charge in [0.25, 0.3) is 5.91 Å². The molecular formula is C24H27N5O4S. The summed E-state index contributed by atoms with van der Waals surface area (Å²) in [4.78, 5) is 30.1. The second-order valence-corrected chi connectivity index (χ2v) is 10.1. The topological polar surface area (TPSA) is 105 Å². The van der Waals surface area contributed by atoms with Crippen LogP contribution in [0.4, 0.5) is 0 Å². The average molecular weight is 482 g/mol. The molecule has 1 aliphatic rings. The third kappa shape index (κ3) is 5.02. The average Bonchev–Trinajstić information content (AvgIpc) is 3.39. The number of sulfonamides is 1. The van der Waals surface area contributed by atoms with E-state index in [0.717, 1.165) is 11.3 Å². The molecule has 9 nitrogen and oxygen atoms in total. The number of hydrogen-bond acceptors (Lipinski definition) is 5. The number of nitrogens with one attached hydrogen (secondary N) is 1. The Morgan fingerprint density at radius 3 is 2.35 bits per heavy atom. The molecule has 0 saturated carbocycles. The standard InChI is InChI=1S/C24H27N5O4S/c1-18(20-6-8-22(9-7-20)28-11-10-25-17-28)26-24(31)21-4-3-5-23(16-21)34(32,33)29-14-12-27(13-15-29)19(2)30/h3-11,16-18H,12-15H2,1-2H3,(H,26,31)/t18-/m1/s1. The van der Waals surface area contributed by atoms with Crippen LogP contribution in [0, 0.1) is 0 Å². The number of rotatable bonds is 6. The zero-order chi connectivity index (χ0) is 24.3. The first kappa shape index (κ1) is 23.7. The van der Waals surface area contributed by atoms with Crippen molar-refractivity contribution in [3.63, 3.8) is 0 Å². The monoisotopic (exact) mass is 481 g/mol. The Balaban J connectivity index is 1.44. The van der Waals surface area contributed by atoms with Gasteiger partial charge in [0.05, 0.1) is 17.3 Å². The Morgan fingerprint density at radius 1 is 1.03 bits per heavy atom. The molecule has 0 aliphatic carbocycles. The minimum Gasteiger partial charge on any atom is -0.346 e. The van der Waals surface area contributed by atoms with Crippen molar-refractivity contribution >= 4 is 21.8 Å². The molecule has 1 aliphatic heterocycles. The van der Waals surface area contributed by atoms with Crippen molar-refractivity contribution in [2.75, 3.05) is 26.2 Å². The molecule has 0 bridgehead atoms. The SMILES string of the molecule is CC(=O)N1CCN(S(=O)(=O)c2cccc(C(=O)N[C@H](C)c3ccc(-n4ccnc4)cc3)c2)CC1. The van der Waals surface area contributed by atoms with Crippen LogP contribution in [0.25, 0.3) is 5.69 Å². The normalized spacial score (nSPS) is 15.6. The minimum atomic E-state index is -3.77. The zero-order valence-electron chi connectivity index (χ0n) is 19.1. The number of carbonyl (C=O) groups is 2. The molecule has 2 heterocycles. The van der Waals surface area contributed by atoms with E-state index in [9.17, 15) is 18.0 Å². The highest BCUT2D eigenvalue weighted by atomic mass is 32.2. The molecule has 0 unspecified atom stereocenters. The van der Waals surface area contributed by atoms with E-state index < -0.39 is 10.0 Å². The van der Waals surface area contributed by atoms with Crippen molar-refractivity contribution in [1.82, 2.24) is 24.1 Å². The van der Waals surface area contributed by atoms with Crippen LogP contribution in [0.3, 0.4) is 0 Å². The van der Waals surface area contributed by atoms with Gasteiger partial charge in [-0.15, -0.1) is 0 Å². The third-order valence-electron chi connectivity index (χ3n) is 5.96. The molecule has 4 rings (SSSR count). The molecule has 178 valence electrons. The van der Waals surface area contributed by atoms with E-state index in [1.54, 1.807) is 29.6 Å². The maximum absolute atomic E-state index is 13.1. The summed E-state index contributed by atoms with van der Waals surface area (Å²) in [5.41, 5.74) is 2.15. The lowest BCUT2D eigenvalue weighted by Gasteiger charge is -2.33. The van der Waals surface area contributed by atoms with Crippen molar-refractivity contribution in [2.45, 2.75) is 24.8 Å². The van der Waals surface area contributed by atoms with Gasteiger partial charge in [0, 0.05) is 56.7 Å². The van der Waals surface area contributed by atoms with Crippen molar-refractivity contribution < 1.29 is 18.0 Å². The van der Waals surface area contributed by atoms with Crippen molar-refractivity contribution in [1.29, 1.82) is 0 Å². The minimum absolute atomic E-state index is 0.0637. The van der Waals surface area contributed by atoms with Gasteiger partial charge in [-0.2, -0.15) is 4.31 Å². The number of hydrogen-bond donors (Lipinski definition) is 1. The van der Waals surface area contributed by atoms with Crippen LogP contribution >= 0.6 is 0 Å². The summed E-state index contributed by atoms with van der Waals surface area (Å²) < 4.78 is 29.4. The second kappa shape index (κ2) is 9.78. The molecular weight excluding hydrogens is 454 g/mol. The molecule has 1 saturated heterocycles. The number of nitrogens with zero attached hydrogens (tertiary/aromatic N) is 4.